The Balaban J connectivity index is 1.98. The van der Waals surface area contributed by atoms with Crippen molar-refractivity contribution in [2.24, 2.45) is 5.92 Å². The van der Waals surface area contributed by atoms with Crippen LogP contribution in [0, 0.1) is 18.3 Å². The maximum absolute atomic E-state index is 9.47. The van der Waals surface area contributed by atoms with Crippen molar-refractivity contribution < 1.29 is 5.11 Å². The largest absolute Gasteiger partial charge is 0.393 e. The topological polar surface area (TPSA) is 32.3 Å². The van der Waals surface area contributed by atoms with Crippen LogP contribution in [0.1, 0.15) is 38.5 Å². The summed E-state index contributed by atoms with van der Waals surface area (Å²) < 4.78 is 0. The van der Waals surface area contributed by atoms with Gasteiger partial charge in [0.05, 0.1) is 6.10 Å². The van der Waals surface area contributed by atoms with Crippen molar-refractivity contribution >= 4 is 0 Å². The molecular weight excluding hydrogens is 174 g/mol. The fourth-order valence-corrected chi connectivity index (χ4v) is 2.07. The monoisotopic (exact) mass is 195 g/mol. The standard InChI is InChI=1S/C12H21NO/c1-2-3-4-8-13-10-11-6-5-7-12(14)9-11/h1,11-14H,3-10H2. The second kappa shape index (κ2) is 6.86. The molecule has 0 radical (unpaired) electrons. The van der Waals surface area contributed by atoms with Gasteiger partial charge in [-0.25, -0.2) is 0 Å². The molecule has 0 heterocycles. The quantitative estimate of drug-likeness (QED) is 0.515. The summed E-state index contributed by atoms with van der Waals surface area (Å²) in [5.74, 6) is 3.30. The van der Waals surface area contributed by atoms with Crippen LogP contribution in [0.25, 0.3) is 0 Å². The smallest absolute Gasteiger partial charge is 0.0543 e. The van der Waals surface area contributed by atoms with E-state index >= 15 is 0 Å². The van der Waals surface area contributed by atoms with Gasteiger partial charge in [-0.1, -0.05) is 6.42 Å². The average Bonchev–Trinajstić information content (AvgIpc) is 2.18. The van der Waals surface area contributed by atoms with E-state index in [2.05, 4.69) is 11.2 Å². The number of unbranched alkanes of at least 4 members (excludes halogenated alkanes) is 1. The van der Waals surface area contributed by atoms with Crippen molar-refractivity contribution in [3.05, 3.63) is 0 Å². The fraction of sp³-hybridized carbons (Fsp3) is 0.833. The minimum Gasteiger partial charge on any atom is -0.393 e. The van der Waals surface area contributed by atoms with Crippen LogP contribution in [-0.4, -0.2) is 24.3 Å². The van der Waals surface area contributed by atoms with E-state index in [0.717, 1.165) is 38.8 Å². The third-order valence-electron chi connectivity index (χ3n) is 2.86. The summed E-state index contributed by atoms with van der Waals surface area (Å²) in [6, 6.07) is 0. The molecule has 14 heavy (non-hydrogen) atoms. The van der Waals surface area contributed by atoms with E-state index in [1.54, 1.807) is 0 Å². The molecule has 0 spiro atoms. The lowest BCUT2D eigenvalue weighted by Crippen LogP contribution is -2.29. The molecular formula is C12H21NO. The van der Waals surface area contributed by atoms with Gasteiger partial charge < -0.3 is 10.4 Å². The Morgan fingerprint density at radius 1 is 1.43 bits per heavy atom. The molecule has 2 N–H and O–H groups in total. The molecule has 1 saturated carbocycles. The molecule has 0 aromatic carbocycles. The first-order valence-corrected chi connectivity index (χ1v) is 5.65. The summed E-state index contributed by atoms with van der Waals surface area (Å²) in [5.41, 5.74) is 0. The summed E-state index contributed by atoms with van der Waals surface area (Å²) in [6.07, 6.45) is 11.4. The minimum absolute atomic E-state index is 0.0544. The SMILES string of the molecule is C#CCCCNCC1CCCC(O)C1. The predicted octanol–water partition coefficient (Wildman–Crippen LogP) is 1.54. The van der Waals surface area contributed by atoms with Gasteiger partial charge in [0.2, 0.25) is 0 Å². The van der Waals surface area contributed by atoms with E-state index in [1.165, 1.54) is 12.8 Å². The van der Waals surface area contributed by atoms with Gasteiger partial charge in [-0.05, 0) is 44.7 Å². The second-order valence-electron chi connectivity index (χ2n) is 4.20. The van der Waals surface area contributed by atoms with Crippen LogP contribution in [0.4, 0.5) is 0 Å². The summed E-state index contributed by atoms with van der Waals surface area (Å²) in [7, 11) is 0. The van der Waals surface area contributed by atoms with Crippen molar-refractivity contribution in [2.75, 3.05) is 13.1 Å². The zero-order valence-electron chi connectivity index (χ0n) is 8.84. The summed E-state index contributed by atoms with van der Waals surface area (Å²) in [5, 5.41) is 12.9. The Morgan fingerprint density at radius 3 is 3.00 bits per heavy atom. The number of terminal acetylenes is 1. The molecule has 2 heteroatoms. The summed E-state index contributed by atoms with van der Waals surface area (Å²) in [6.45, 7) is 2.05. The molecule has 1 rings (SSSR count). The zero-order valence-corrected chi connectivity index (χ0v) is 8.84. The van der Waals surface area contributed by atoms with Crippen LogP contribution in [0.3, 0.4) is 0 Å². The molecule has 1 fully saturated rings. The minimum atomic E-state index is -0.0544. The van der Waals surface area contributed by atoms with Gasteiger partial charge in [-0.2, -0.15) is 0 Å². The second-order valence-corrected chi connectivity index (χ2v) is 4.20. The molecule has 0 aliphatic heterocycles. The first kappa shape index (κ1) is 11.6. The molecule has 0 aromatic heterocycles. The lowest BCUT2D eigenvalue weighted by atomic mass is 9.87. The van der Waals surface area contributed by atoms with Crippen LogP contribution in [0.5, 0.6) is 0 Å². The molecule has 0 aromatic rings. The maximum atomic E-state index is 9.47. The summed E-state index contributed by atoms with van der Waals surface area (Å²) in [4.78, 5) is 0. The van der Waals surface area contributed by atoms with Gasteiger partial charge in [0, 0.05) is 6.42 Å². The van der Waals surface area contributed by atoms with Crippen LogP contribution in [-0.2, 0) is 0 Å². The molecule has 2 unspecified atom stereocenters. The highest BCUT2D eigenvalue weighted by Crippen LogP contribution is 2.23. The highest BCUT2D eigenvalue weighted by molar-refractivity contribution is 4.83. The summed E-state index contributed by atoms with van der Waals surface area (Å²) >= 11 is 0. The van der Waals surface area contributed by atoms with Crippen LogP contribution in [0.2, 0.25) is 0 Å². The van der Waals surface area contributed by atoms with Crippen molar-refractivity contribution in [2.45, 2.75) is 44.6 Å². The van der Waals surface area contributed by atoms with E-state index < -0.39 is 0 Å². The highest BCUT2D eigenvalue weighted by Gasteiger charge is 2.19. The van der Waals surface area contributed by atoms with Crippen molar-refractivity contribution in [3.63, 3.8) is 0 Å². The lowest BCUT2D eigenvalue weighted by molar-refractivity contribution is 0.101. The first-order valence-electron chi connectivity index (χ1n) is 5.65. The highest BCUT2D eigenvalue weighted by atomic mass is 16.3. The van der Waals surface area contributed by atoms with Crippen LogP contribution < -0.4 is 5.32 Å². The Hall–Kier alpha value is -0.520. The number of hydrogen-bond acceptors (Lipinski definition) is 2. The van der Waals surface area contributed by atoms with Gasteiger partial charge in [0.1, 0.15) is 0 Å². The number of hydrogen-bond donors (Lipinski definition) is 2. The Kier molecular flexibility index (Phi) is 5.66. The zero-order chi connectivity index (χ0) is 10.2. The van der Waals surface area contributed by atoms with E-state index in [1.807, 2.05) is 0 Å². The van der Waals surface area contributed by atoms with E-state index in [9.17, 15) is 5.11 Å². The van der Waals surface area contributed by atoms with E-state index in [0.29, 0.717) is 5.92 Å². The number of aliphatic hydroxyl groups is 1. The van der Waals surface area contributed by atoms with E-state index in [4.69, 9.17) is 6.42 Å². The third kappa shape index (κ3) is 4.64. The molecule has 1 aliphatic carbocycles. The molecule has 2 nitrogen and oxygen atoms in total. The Morgan fingerprint density at radius 2 is 2.29 bits per heavy atom. The van der Waals surface area contributed by atoms with Gasteiger partial charge in [-0.3, -0.25) is 0 Å². The molecule has 80 valence electrons. The third-order valence-corrected chi connectivity index (χ3v) is 2.86. The molecule has 0 saturated heterocycles. The molecule has 0 amide bonds. The number of nitrogens with one attached hydrogen (secondary N) is 1. The van der Waals surface area contributed by atoms with Crippen molar-refractivity contribution in [3.8, 4) is 12.3 Å². The Labute approximate surface area is 87.1 Å². The predicted molar refractivity (Wildman–Crippen MR) is 58.9 cm³/mol. The molecule has 2 atom stereocenters. The van der Waals surface area contributed by atoms with Crippen molar-refractivity contribution in [1.82, 2.24) is 5.32 Å². The number of rotatable bonds is 5. The van der Waals surface area contributed by atoms with Crippen LogP contribution in [0.15, 0.2) is 0 Å². The molecule has 1 aliphatic rings. The van der Waals surface area contributed by atoms with Gasteiger partial charge in [0.15, 0.2) is 0 Å². The maximum Gasteiger partial charge on any atom is 0.0543 e. The fourth-order valence-electron chi connectivity index (χ4n) is 2.07. The number of aliphatic hydroxyl groups excluding tert-OH is 1. The van der Waals surface area contributed by atoms with Crippen LogP contribution >= 0.6 is 0 Å². The van der Waals surface area contributed by atoms with Gasteiger partial charge in [-0.15, -0.1) is 12.3 Å². The van der Waals surface area contributed by atoms with Crippen molar-refractivity contribution in [1.29, 1.82) is 0 Å². The lowest BCUT2D eigenvalue weighted by Gasteiger charge is -2.25. The average molecular weight is 195 g/mol. The molecule has 0 bridgehead atoms. The first-order chi connectivity index (χ1) is 6.83. The van der Waals surface area contributed by atoms with Gasteiger partial charge >= 0.3 is 0 Å². The normalized spacial score (nSPS) is 27.1. The van der Waals surface area contributed by atoms with E-state index in [-0.39, 0.29) is 6.10 Å². The Bertz CT molecular complexity index is 185. The van der Waals surface area contributed by atoms with Gasteiger partial charge in [0.25, 0.3) is 0 Å².